The van der Waals surface area contributed by atoms with Gasteiger partial charge in [0.05, 0.1) is 26.2 Å². The number of hydrogen-bond donors (Lipinski definition) is 2. The molecule has 0 aliphatic carbocycles. The predicted molar refractivity (Wildman–Crippen MR) is 179 cm³/mol. The summed E-state index contributed by atoms with van der Waals surface area (Å²) < 4.78 is 0.850. The van der Waals surface area contributed by atoms with Gasteiger partial charge in [-0.1, -0.05) is 102 Å². The van der Waals surface area contributed by atoms with Crippen LogP contribution in [0.25, 0.3) is 0 Å². The third-order valence-corrected chi connectivity index (χ3v) is 9.05. The number of unbranched alkanes of at least 4 members (excludes halogenated alkanes) is 20. The van der Waals surface area contributed by atoms with Crippen molar-refractivity contribution in [1.82, 2.24) is 0 Å². The Morgan fingerprint density at radius 2 is 0.773 bits per heavy atom. The van der Waals surface area contributed by atoms with Crippen molar-refractivity contribution < 1.29 is 34.2 Å². The summed E-state index contributed by atoms with van der Waals surface area (Å²) in [5.74, 6) is -2.56. The molecule has 0 aliphatic rings. The van der Waals surface area contributed by atoms with E-state index in [0.29, 0.717) is 19.3 Å². The van der Waals surface area contributed by atoms with Gasteiger partial charge in [0.15, 0.2) is 0 Å². The average molecular weight is 624 g/mol. The molecule has 0 atom stereocenters. The standard InChI is InChI=1S/C37H69NO6/c1-2-3-4-5-6-7-8-9-10-11-12-13-14-15-16-17-18-19-20-24-31-38(32-25-21-28-35(39)40,33-26-22-29-36(41)42)34-27-23-30-37(43)44/h2-3H,4-34H2,1H3,(H2-,39,40,41,42,43,44)/b3-2+. The van der Waals surface area contributed by atoms with Crippen molar-refractivity contribution in [2.75, 3.05) is 26.2 Å². The third kappa shape index (κ3) is 30.1. The molecular formula is C37H69NO6. The molecule has 0 aromatic heterocycles. The summed E-state index contributed by atoms with van der Waals surface area (Å²) >= 11 is 0. The fourth-order valence-corrected chi connectivity index (χ4v) is 6.36. The van der Waals surface area contributed by atoms with E-state index in [4.69, 9.17) is 10.2 Å². The van der Waals surface area contributed by atoms with Gasteiger partial charge in [0.25, 0.3) is 0 Å². The van der Waals surface area contributed by atoms with Gasteiger partial charge in [0, 0.05) is 18.8 Å². The summed E-state index contributed by atoms with van der Waals surface area (Å²) in [6.45, 7) is 5.72. The highest BCUT2D eigenvalue weighted by Crippen LogP contribution is 2.20. The summed E-state index contributed by atoms with van der Waals surface area (Å²) in [7, 11) is 0. The van der Waals surface area contributed by atoms with Gasteiger partial charge in [-0.15, -0.1) is 0 Å². The molecule has 0 heterocycles. The number of carbonyl (C=O) groups excluding carboxylic acids is 1. The van der Waals surface area contributed by atoms with Crippen LogP contribution in [0, 0.1) is 0 Å². The van der Waals surface area contributed by atoms with Crippen LogP contribution in [0.2, 0.25) is 0 Å². The molecule has 258 valence electrons. The first kappa shape index (κ1) is 42.1. The second-order valence-electron chi connectivity index (χ2n) is 13.1. The van der Waals surface area contributed by atoms with E-state index < -0.39 is 17.9 Å². The van der Waals surface area contributed by atoms with Crippen LogP contribution in [0.15, 0.2) is 12.2 Å². The number of carboxylic acid groups (broad SMARTS) is 3. The minimum absolute atomic E-state index is 0.0653. The predicted octanol–water partition coefficient (Wildman–Crippen LogP) is 8.83. The van der Waals surface area contributed by atoms with Crippen LogP contribution in [0.5, 0.6) is 0 Å². The first-order valence-electron chi connectivity index (χ1n) is 18.4. The molecule has 0 rings (SSSR count). The molecule has 44 heavy (non-hydrogen) atoms. The molecule has 0 aromatic carbocycles. The molecule has 7 nitrogen and oxygen atoms in total. The molecule has 2 N–H and O–H groups in total. The van der Waals surface area contributed by atoms with E-state index in [-0.39, 0.29) is 19.3 Å². The van der Waals surface area contributed by atoms with Crippen LogP contribution >= 0.6 is 0 Å². The Hall–Kier alpha value is -1.89. The maximum absolute atomic E-state index is 11.0. The minimum atomic E-state index is -1.02. The lowest BCUT2D eigenvalue weighted by Crippen LogP contribution is -2.51. The molecule has 0 spiro atoms. The van der Waals surface area contributed by atoms with Crippen LogP contribution in [-0.4, -0.2) is 58.8 Å². The molecule has 0 unspecified atom stereocenters. The van der Waals surface area contributed by atoms with E-state index in [9.17, 15) is 19.5 Å². The normalized spacial score (nSPS) is 11.8. The molecule has 0 bridgehead atoms. The molecule has 0 amide bonds. The lowest BCUT2D eigenvalue weighted by atomic mass is 10.0. The zero-order chi connectivity index (χ0) is 32.6. The van der Waals surface area contributed by atoms with Crippen LogP contribution in [0.4, 0.5) is 0 Å². The highest BCUT2D eigenvalue weighted by molar-refractivity contribution is 5.66. The Labute approximate surface area is 270 Å². The van der Waals surface area contributed by atoms with Crippen molar-refractivity contribution in [3.05, 3.63) is 12.2 Å². The van der Waals surface area contributed by atoms with E-state index in [2.05, 4.69) is 19.1 Å². The molecule has 0 aliphatic heterocycles. The maximum Gasteiger partial charge on any atom is 0.303 e. The van der Waals surface area contributed by atoms with Crippen LogP contribution < -0.4 is 5.11 Å². The highest BCUT2D eigenvalue weighted by Gasteiger charge is 2.26. The quantitative estimate of drug-likeness (QED) is 0.0414. The fraction of sp³-hybridized carbons (Fsp3) is 0.865. The smallest absolute Gasteiger partial charge is 0.303 e. The zero-order valence-corrected chi connectivity index (χ0v) is 28.5. The lowest BCUT2D eigenvalue weighted by molar-refractivity contribution is -0.929. The van der Waals surface area contributed by atoms with Crippen LogP contribution in [0.1, 0.15) is 180 Å². The van der Waals surface area contributed by atoms with Crippen molar-refractivity contribution >= 4 is 17.9 Å². The van der Waals surface area contributed by atoms with Gasteiger partial charge in [0.1, 0.15) is 0 Å². The van der Waals surface area contributed by atoms with Crippen molar-refractivity contribution in [3.8, 4) is 0 Å². The van der Waals surface area contributed by atoms with Gasteiger partial charge in [-0.3, -0.25) is 9.59 Å². The molecule has 0 saturated carbocycles. The Morgan fingerprint density at radius 3 is 1.09 bits per heavy atom. The number of quaternary nitrogens is 1. The second-order valence-corrected chi connectivity index (χ2v) is 13.1. The van der Waals surface area contributed by atoms with Gasteiger partial charge in [0.2, 0.25) is 0 Å². The third-order valence-electron chi connectivity index (χ3n) is 9.05. The monoisotopic (exact) mass is 624 g/mol. The first-order valence-corrected chi connectivity index (χ1v) is 18.4. The van der Waals surface area contributed by atoms with Gasteiger partial charge < -0.3 is 24.6 Å². The Morgan fingerprint density at radius 1 is 0.477 bits per heavy atom. The first-order chi connectivity index (χ1) is 21.3. The summed E-state index contributed by atoms with van der Waals surface area (Å²) in [4.78, 5) is 32.9. The molecule has 0 aromatic rings. The van der Waals surface area contributed by atoms with E-state index in [1.54, 1.807) is 0 Å². The minimum Gasteiger partial charge on any atom is -0.550 e. The number of rotatable bonds is 35. The van der Waals surface area contributed by atoms with Crippen molar-refractivity contribution in [1.29, 1.82) is 0 Å². The zero-order valence-electron chi connectivity index (χ0n) is 28.5. The average Bonchev–Trinajstić information content (AvgIpc) is 2.98. The Balaban J connectivity index is 4.20. The Bertz CT molecular complexity index is 668. The molecular weight excluding hydrogens is 554 g/mol. The summed E-state index contributed by atoms with van der Waals surface area (Å²) in [6, 6.07) is 0. The lowest BCUT2D eigenvalue weighted by Gasteiger charge is -2.39. The molecule has 7 heteroatoms. The SMILES string of the molecule is C/C=C/CCCCCCCCCCCCCCCCCCC[N+](CCCCC(=O)[O-])(CCCCC(=O)O)CCCCC(=O)O. The van der Waals surface area contributed by atoms with E-state index in [1.165, 1.54) is 109 Å². The second kappa shape index (κ2) is 31.1. The molecule has 0 fully saturated rings. The molecule has 0 radical (unpaired) electrons. The van der Waals surface area contributed by atoms with Crippen molar-refractivity contribution in [3.63, 3.8) is 0 Å². The van der Waals surface area contributed by atoms with Gasteiger partial charge >= 0.3 is 11.9 Å². The number of allylic oxidation sites excluding steroid dienone is 2. The van der Waals surface area contributed by atoms with Gasteiger partial charge in [-0.05, 0) is 77.6 Å². The van der Waals surface area contributed by atoms with Gasteiger partial charge in [-0.25, -0.2) is 0 Å². The summed E-state index contributed by atoms with van der Waals surface area (Å²) in [5, 5.41) is 29.0. The summed E-state index contributed by atoms with van der Waals surface area (Å²) in [6.07, 6.45) is 33.0. The number of aliphatic carboxylic acids is 3. The van der Waals surface area contributed by atoms with Gasteiger partial charge in [-0.2, -0.15) is 0 Å². The highest BCUT2D eigenvalue weighted by atomic mass is 16.4. The number of carbonyl (C=O) groups is 3. The van der Waals surface area contributed by atoms with E-state index >= 15 is 0 Å². The van der Waals surface area contributed by atoms with Crippen molar-refractivity contribution in [2.45, 2.75) is 180 Å². The fourth-order valence-electron chi connectivity index (χ4n) is 6.36. The van der Waals surface area contributed by atoms with Crippen LogP contribution in [-0.2, 0) is 14.4 Å². The topological polar surface area (TPSA) is 115 Å². The number of carboxylic acids is 3. The van der Waals surface area contributed by atoms with Crippen molar-refractivity contribution in [2.24, 2.45) is 0 Å². The van der Waals surface area contributed by atoms with Crippen LogP contribution in [0.3, 0.4) is 0 Å². The number of nitrogens with zero attached hydrogens (tertiary/aromatic N) is 1. The molecule has 0 saturated heterocycles. The van der Waals surface area contributed by atoms with E-state index in [1.807, 2.05) is 0 Å². The Kier molecular flexibility index (Phi) is 29.8. The summed E-state index contributed by atoms with van der Waals surface area (Å²) in [5.41, 5.74) is 0. The largest absolute Gasteiger partial charge is 0.550 e. The maximum atomic E-state index is 11.0. The number of hydrogen-bond acceptors (Lipinski definition) is 4. The van der Waals surface area contributed by atoms with E-state index in [0.717, 1.165) is 56.3 Å².